The lowest BCUT2D eigenvalue weighted by Crippen LogP contribution is -2.59. The lowest BCUT2D eigenvalue weighted by atomic mass is 9.52. The summed E-state index contributed by atoms with van der Waals surface area (Å²) in [4.78, 5) is 0. The normalized spacial score (nSPS) is 35.1. The molecular weight excluding hydrogens is 364 g/mol. The van der Waals surface area contributed by atoms with Crippen LogP contribution in [-0.2, 0) is 9.47 Å². The molecule has 6 heteroatoms. The van der Waals surface area contributed by atoms with E-state index in [4.69, 9.17) is 14.9 Å². The minimum Gasteiger partial charge on any atom is -0.447 e. The summed E-state index contributed by atoms with van der Waals surface area (Å²) in [5.41, 5.74) is -0.930. The van der Waals surface area contributed by atoms with Gasteiger partial charge in [-0.2, -0.15) is 15.8 Å². The molecule has 148 valence electrons. The van der Waals surface area contributed by atoms with Gasteiger partial charge in [-0.3, -0.25) is 5.41 Å². The predicted octanol–water partition coefficient (Wildman–Crippen LogP) is 4.59. The van der Waals surface area contributed by atoms with Crippen LogP contribution < -0.4 is 0 Å². The lowest BCUT2D eigenvalue weighted by Gasteiger charge is -2.50. The Bertz CT molecular complexity index is 984. The fraction of sp³-hybridized carbons (Fsp3) is 0.565. The Hall–Kier alpha value is -2.88. The highest BCUT2D eigenvalue weighted by atomic mass is 16.7. The van der Waals surface area contributed by atoms with Gasteiger partial charge in [-0.25, -0.2) is 0 Å². The quantitative estimate of drug-likeness (QED) is 0.755. The number of aryl methyl sites for hydroxylation is 2. The second kappa shape index (κ2) is 6.58. The van der Waals surface area contributed by atoms with Crippen LogP contribution in [0.3, 0.4) is 0 Å². The first-order valence-electron chi connectivity index (χ1n) is 10.2. The number of hydrogen-bond acceptors (Lipinski definition) is 6. The molecule has 4 rings (SSSR count). The third kappa shape index (κ3) is 2.32. The van der Waals surface area contributed by atoms with E-state index in [1.165, 1.54) is 0 Å². The number of nitrogens with one attached hydrogen (secondary N) is 1. The summed E-state index contributed by atoms with van der Waals surface area (Å²) in [6, 6.07) is 12.4. The second-order valence-corrected chi connectivity index (χ2v) is 8.56. The average molecular weight is 388 g/mol. The van der Waals surface area contributed by atoms with E-state index in [1.807, 2.05) is 32.0 Å². The first kappa shape index (κ1) is 19.4. The number of rotatable bonds is 1. The molecule has 0 spiro atoms. The topological polar surface area (TPSA) is 114 Å². The summed E-state index contributed by atoms with van der Waals surface area (Å²) in [7, 11) is 0. The summed E-state index contributed by atoms with van der Waals surface area (Å²) in [6.45, 7) is 3.85. The van der Waals surface area contributed by atoms with Crippen molar-refractivity contribution in [1.29, 1.82) is 21.2 Å². The highest BCUT2D eigenvalue weighted by molar-refractivity contribution is 5.89. The fourth-order valence-corrected chi connectivity index (χ4v) is 5.54. The molecule has 2 aliphatic heterocycles. The number of nitriles is 3. The van der Waals surface area contributed by atoms with Crippen molar-refractivity contribution in [2.45, 2.75) is 64.3 Å². The fourth-order valence-electron chi connectivity index (χ4n) is 5.54. The third-order valence-corrected chi connectivity index (χ3v) is 7.03. The van der Waals surface area contributed by atoms with E-state index < -0.39 is 28.6 Å². The highest BCUT2D eigenvalue weighted by Gasteiger charge is 2.80. The van der Waals surface area contributed by atoms with E-state index in [2.05, 4.69) is 18.2 Å². The molecule has 4 atom stereocenters. The average Bonchev–Trinajstić information content (AvgIpc) is 2.87. The van der Waals surface area contributed by atoms with Gasteiger partial charge in [-0.15, -0.1) is 0 Å². The standard InChI is InChI=1S/C23H24N4O2/c1-15-8-9-16(2)17(11-15)19-21(12-24,13-25)22(14-26)18-7-5-3-4-6-10-23(18,28-19)29-20(22)27/h8-9,11,18-19,27H,3-7,10H2,1-2H3. The third-order valence-electron chi connectivity index (χ3n) is 7.03. The van der Waals surface area contributed by atoms with Gasteiger partial charge < -0.3 is 9.47 Å². The first-order chi connectivity index (χ1) is 13.9. The smallest absolute Gasteiger partial charge is 0.217 e. The van der Waals surface area contributed by atoms with Crippen molar-refractivity contribution in [1.82, 2.24) is 0 Å². The van der Waals surface area contributed by atoms with Gasteiger partial charge in [0.2, 0.25) is 17.1 Å². The zero-order chi connectivity index (χ0) is 20.9. The number of ether oxygens (including phenoxy) is 2. The van der Waals surface area contributed by atoms with Crippen LogP contribution in [0.4, 0.5) is 0 Å². The zero-order valence-corrected chi connectivity index (χ0v) is 16.8. The maximum atomic E-state index is 10.4. The van der Waals surface area contributed by atoms with Crippen LogP contribution in [0.25, 0.3) is 0 Å². The number of nitrogens with zero attached hydrogens (tertiary/aromatic N) is 3. The SMILES string of the molecule is Cc1ccc(C)c(C2OC34CCCCCCC3C(C#N)(C(=N)O4)C2(C#N)C#N)c1. The van der Waals surface area contributed by atoms with E-state index in [0.29, 0.717) is 18.4 Å². The highest BCUT2D eigenvalue weighted by Crippen LogP contribution is 2.68. The minimum absolute atomic E-state index is 0.289. The molecule has 2 bridgehead atoms. The van der Waals surface area contributed by atoms with Crippen LogP contribution in [0.15, 0.2) is 18.2 Å². The molecule has 0 amide bonds. The summed E-state index contributed by atoms with van der Waals surface area (Å²) in [5, 5.41) is 39.7. The van der Waals surface area contributed by atoms with Gasteiger partial charge in [0.25, 0.3) is 0 Å². The second-order valence-electron chi connectivity index (χ2n) is 8.56. The first-order valence-corrected chi connectivity index (χ1v) is 10.2. The van der Waals surface area contributed by atoms with E-state index in [-0.39, 0.29) is 5.90 Å². The van der Waals surface area contributed by atoms with Gasteiger partial charge in [0.15, 0.2) is 5.41 Å². The van der Waals surface area contributed by atoms with Crippen molar-refractivity contribution in [2.24, 2.45) is 16.7 Å². The largest absolute Gasteiger partial charge is 0.447 e. The Morgan fingerprint density at radius 3 is 2.45 bits per heavy atom. The molecule has 1 aromatic rings. The Balaban J connectivity index is 2.02. The van der Waals surface area contributed by atoms with Gasteiger partial charge in [0, 0.05) is 6.42 Å². The Labute approximate surface area is 171 Å². The van der Waals surface area contributed by atoms with Gasteiger partial charge in [-0.05, 0) is 37.8 Å². The molecule has 0 aromatic heterocycles. The molecule has 1 saturated carbocycles. The zero-order valence-electron chi connectivity index (χ0n) is 16.8. The van der Waals surface area contributed by atoms with E-state index in [1.54, 1.807) is 0 Å². The Morgan fingerprint density at radius 1 is 1.03 bits per heavy atom. The minimum atomic E-state index is -1.86. The maximum absolute atomic E-state index is 10.4. The van der Waals surface area contributed by atoms with Crippen molar-refractivity contribution in [3.63, 3.8) is 0 Å². The monoisotopic (exact) mass is 388 g/mol. The number of hydrogen-bond donors (Lipinski definition) is 1. The number of benzene rings is 1. The molecule has 2 saturated heterocycles. The lowest BCUT2D eigenvalue weighted by molar-refractivity contribution is -0.289. The summed E-state index contributed by atoms with van der Waals surface area (Å²) in [6.07, 6.45) is 3.96. The van der Waals surface area contributed by atoms with Crippen molar-refractivity contribution in [2.75, 3.05) is 0 Å². The summed E-state index contributed by atoms with van der Waals surface area (Å²) < 4.78 is 12.6. The van der Waals surface area contributed by atoms with Crippen LogP contribution in [0.5, 0.6) is 0 Å². The molecule has 2 heterocycles. The summed E-state index contributed by atoms with van der Waals surface area (Å²) >= 11 is 0. The molecule has 1 aromatic carbocycles. The van der Waals surface area contributed by atoms with Crippen LogP contribution in [0, 0.1) is 70.0 Å². The van der Waals surface area contributed by atoms with Crippen molar-refractivity contribution in [3.05, 3.63) is 34.9 Å². The predicted molar refractivity (Wildman–Crippen MR) is 104 cm³/mol. The van der Waals surface area contributed by atoms with E-state index >= 15 is 0 Å². The maximum Gasteiger partial charge on any atom is 0.217 e. The van der Waals surface area contributed by atoms with Gasteiger partial charge >= 0.3 is 0 Å². The molecule has 6 nitrogen and oxygen atoms in total. The molecule has 1 N–H and O–H groups in total. The Kier molecular flexibility index (Phi) is 4.41. The van der Waals surface area contributed by atoms with Crippen LogP contribution in [0.2, 0.25) is 0 Å². The van der Waals surface area contributed by atoms with Crippen LogP contribution in [0.1, 0.15) is 61.3 Å². The molecule has 0 radical (unpaired) electrons. The molecule has 3 fully saturated rings. The van der Waals surface area contributed by atoms with Crippen molar-refractivity contribution >= 4 is 5.90 Å². The van der Waals surface area contributed by atoms with Crippen LogP contribution >= 0.6 is 0 Å². The molecule has 4 unspecified atom stereocenters. The van der Waals surface area contributed by atoms with Gasteiger partial charge in [0.1, 0.15) is 6.10 Å². The van der Waals surface area contributed by atoms with Crippen molar-refractivity contribution < 1.29 is 9.47 Å². The Morgan fingerprint density at radius 2 is 1.76 bits per heavy atom. The molecule has 29 heavy (non-hydrogen) atoms. The van der Waals surface area contributed by atoms with Crippen molar-refractivity contribution in [3.8, 4) is 18.2 Å². The molecule has 1 aliphatic carbocycles. The van der Waals surface area contributed by atoms with Gasteiger partial charge in [0.05, 0.1) is 24.1 Å². The molecule has 3 aliphatic rings. The summed E-state index contributed by atoms with van der Waals surface area (Å²) in [5.74, 6) is -1.93. The van der Waals surface area contributed by atoms with Gasteiger partial charge in [-0.1, -0.05) is 43.0 Å². The van der Waals surface area contributed by atoms with E-state index in [0.717, 1.165) is 36.8 Å². The molecular formula is C23H24N4O2. The van der Waals surface area contributed by atoms with E-state index in [9.17, 15) is 15.8 Å². The van der Waals surface area contributed by atoms with Crippen LogP contribution in [-0.4, -0.2) is 11.7 Å².